The summed E-state index contributed by atoms with van der Waals surface area (Å²) in [6.45, 7) is 0. The van der Waals surface area contributed by atoms with Gasteiger partial charge in [0.05, 0.1) is 10.7 Å². The third kappa shape index (κ3) is 3.92. The number of hydrogen-bond acceptors (Lipinski definition) is 4. The third-order valence-corrected chi connectivity index (χ3v) is 7.76. The number of halogens is 6. The SMILES string of the molecule is N#C/N=c1\c2cc(-c3cc(F)c(F)c(F)c3)ccc2c2cc3/c(=N/C#N)c4cc(-c5cc(F)c(F)c(F)c5)ccc4c3cc12. The summed E-state index contributed by atoms with van der Waals surface area (Å²) in [5.74, 6) is -8.52. The highest BCUT2D eigenvalue weighted by Crippen LogP contribution is 2.36. The van der Waals surface area contributed by atoms with Gasteiger partial charge in [-0.15, -0.1) is 0 Å². The van der Waals surface area contributed by atoms with E-state index in [0.717, 1.165) is 24.3 Å². The van der Waals surface area contributed by atoms with Crippen LogP contribution in [0.5, 0.6) is 0 Å². The highest BCUT2D eigenvalue weighted by Gasteiger charge is 2.18. The molecule has 0 aliphatic carbocycles. The van der Waals surface area contributed by atoms with E-state index in [2.05, 4.69) is 9.98 Å². The van der Waals surface area contributed by atoms with Crippen molar-refractivity contribution in [3.05, 3.63) is 118 Å². The Hall–Kier alpha value is -6.00. The minimum absolute atomic E-state index is 0.0908. The number of hydrogen-bond donors (Lipinski definition) is 0. The second-order valence-corrected chi connectivity index (χ2v) is 10.1. The van der Waals surface area contributed by atoms with E-state index in [1.165, 1.54) is 0 Å². The van der Waals surface area contributed by atoms with E-state index in [-0.39, 0.29) is 11.1 Å². The Morgan fingerprint density at radius 2 is 0.727 bits per heavy atom. The van der Waals surface area contributed by atoms with Crippen LogP contribution in [0.3, 0.4) is 0 Å². The van der Waals surface area contributed by atoms with Gasteiger partial charge in [0.1, 0.15) is 0 Å². The Morgan fingerprint density at radius 3 is 1.07 bits per heavy atom. The minimum atomic E-state index is -1.58. The van der Waals surface area contributed by atoms with Crippen LogP contribution in [0.4, 0.5) is 26.3 Å². The van der Waals surface area contributed by atoms with Crippen LogP contribution in [0, 0.1) is 57.8 Å². The molecule has 0 saturated carbocycles. The Bertz CT molecular complexity index is 2370. The van der Waals surface area contributed by atoms with Gasteiger partial charge in [-0.25, -0.2) is 26.3 Å². The molecule has 4 nitrogen and oxygen atoms in total. The van der Waals surface area contributed by atoms with Crippen molar-refractivity contribution in [3.63, 3.8) is 0 Å². The van der Waals surface area contributed by atoms with E-state index in [9.17, 15) is 36.9 Å². The first kappa shape index (κ1) is 26.9. The van der Waals surface area contributed by atoms with Gasteiger partial charge >= 0.3 is 0 Å². The first-order valence-corrected chi connectivity index (χ1v) is 12.9. The molecule has 0 saturated heterocycles. The molecule has 10 heteroatoms. The molecule has 0 atom stereocenters. The van der Waals surface area contributed by atoms with Crippen molar-refractivity contribution in [1.82, 2.24) is 0 Å². The zero-order chi connectivity index (χ0) is 30.9. The summed E-state index contributed by atoms with van der Waals surface area (Å²) < 4.78 is 83.0. The fourth-order valence-corrected chi connectivity index (χ4v) is 5.82. The number of benzene rings is 5. The lowest BCUT2D eigenvalue weighted by molar-refractivity contribution is 0.447. The maximum absolute atomic E-state index is 14.0. The first-order valence-electron chi connectivity index (χ1n) is 12.9. The molecule has 0 unspecified atom stereocenters. The summed E-state index contributed by atoms with van der Waals surface area (Å²) in [7, 11) is 0. The summed E-state index contributed by atoms with van der Waals surface area (Å²) in [6.07, 6.45) is 3.59. The number of rotatable bonds is 2. The van der Waals surface area contributed by atoms with E-state index in [1.54, 1.807) is 60.9 Å². The molecule has 0 radical (unpaired) electrons. The lowest BCUT2D eigenvalue weighted by atomic mass is 10.0. The van der Waals surface area contributed by atoms with Crippen molar-refractivity contribution < 1.29 is 26.3 Å². The minimum Gasteiger partial charge on any atom is -0.204 e. The Balaban J connectivity index is 1.52. The van der Waals surface area contributed by atoms with Crippen LogP contribution in [0.2, 0.25) is 0 Å². The van der Waals surface area contributed by atoms with E-state index >= 15 is 0 Å². The molecule has 44 heavy (non-hydrogen) atoms. The molecule has 7 aromatic carbocycles. The van der Waals surface area contributed by atoms with Crippen LogP contribution in [-0.4, -0.2) is 0 Å². The molecule has 0 fully saturated rings. The third-order valence-electron chi connectivity index (χ3n) is 7.76. The van der Waals surface area contributed by atoms with Crippen molar-refractivity contribution >= 4 is 43.1 Å². The smallest absolute Gasteiger partial charge is 0.204 e. The average Bonchev–Trinajstić information content (AvgIpc) is 3.48. The largest absolute Gasteiger partial charge is 0.206 e. The van der Waals surface area contributed by atoms with Crippen molar-refractivity contribution in [2.75, 3.05) is 0 Å². The number of fused-ring (bicyclic) bond motifs is 6. The molecule has 0 amide bonds. The van der Waals surface area contributed by atoms with Gasteiger partial charge in [0.15, 0.2) is 34.9 Å². The van der Waals surface area contributed by atoms with E-state index in [0.29, 0.717) is 64.9 Å². The summed E-state index contributed by atoms with van der Waals surface area (Å²) in [4.78, 5) is 8.07. The van der Waals surface area contributed by atoms with Crippen LogP contribution in [0.15, 0.2) is 82.8 Å². The Labute approximate surface area is 243 Å². The zero-order valence-electron chi connectivity index (χ0n) is 22.0. The molecule has 0 aliphatic heterocycles. The van der Waals surface area contributed by atoms with Gasteiger partial charge in [-0.2, -0.15) is 20.5 Å². The van der Waals surface area contributed by atoms with Gasteiger partial charge in [0.25, 0.3) is 0 Å². The van der Waals surface area contributed by atoms with Crippen LogP contribution in [0.25, 0.3) is 65.3 Å². The maximum Gasteiger partial charge on any atom is 0.206 e. The van der Waals surface area contributed by atoms with Crippen LogP contribution in [0.1, 0.15) is 0 Å². The number of nitriles is 2. The monoisotopic (exact) mass is 590 g/mol. The normalized spacial score (nSPS) is 12.5. The molecule has 0 aliphatic rings. The molecule has 7 rings (SSSR count). The average molecular weight is 590 g/mol. The van der Waals surface area contributed by atoms with Gasteiger partial charge < -0.3 is 0 Å². The fourth-order valence-electron chi connectivity index (χ4n) is 5.82. The lowest BCUT2D eigenvalue weighted by Crippen LogP contribution is -1.99. The van der Waals surface area contributed by atoms with Crippen LogP contribution < -0.4 is 10.7 Å². The second-order valence-electron chi connectivity index (χ2n) is 10.1. The predicted octanol–water partition coefficient (Wildman–Crippen LogP) is 8.11. The molecule has 0 N–H and O–H groups in total. The van der Waals surface area contributed by atoms with Gasteiger partial charge in [-0.3, -0.25) is 0 Å². The highest BCUT2D eigenvalue weighted by atomic mass is 19.2. The van der Waals surface area contributed by atoms with E-state index in [1.807, 2.05) is 0 Å². The molecule has 7 aromatic rings. The fraction of sp³-hybridized carbons (Fsp3) is 0. The summed E-state index contributed by atoms with van der Waals surface area (Å²) in [5.41, 5.74) is 0.915. The van der Waals surface area contributed by atoms with Gasteiger partial charge in [-0.1, -0.05) is 24.3 Å². The highest BCUT2D eigenvalue weighted by molar-refractivity contribution is 6.21. The molecule has 0 heterocycles. The van der Waals surface area contributed by atoms with Crippen molar-refractivity contribution in [3.8, 4) is 34.6 Å². The molecular weight excluding hydrogens is 578 g/mol. The molecule has 0 spiro atoms. The van der Waals surface area contributed by atoms with Crippen LogP contribution >= 0.6 is 0 Å². The van der Waals surface area contributed by atoms with Crippen molar-refractivity contribution in [2.24, 2.45) is 9.98 Å². The van der Waals surface area contributed by atoms with Crippen LogP contribution in [-0.2, 0) is 0 Å². The predicted molar refractivity (Wildman–Crippen MR) is 152 cm³/mol. The quantitative estimate of drug-likeness (QED) is 0.116. The Kier molecular flexibility index (Phi) is 5.98. The van der Waals surface area contributed by atoms with E-state index in [4.69, 9.17) is 0 Å². The van der Waals surface area contributed by atoms with E-state index < -0.39 is 34.9 Å². The Morgan fingerprint density at radius 1 is 0.386 bits per heavy atom. The summed E-state index contributed by atoms with van der Waals surface area (Å²) in [5, 5.41) is 24.4. The second kappa shape index (κ2) is 9.79. The van der Waals surface area contributed by atoms with Gasteiger partial charge in [-0.05, 0) is 92.3 Å². The molecule has 0 aromatic heterocycles. The summed E-state index contributed by atoms with van der Waals surface area (Å²) in [6, 6.07) is 16.9. The van der Waals surface area contributed by atoms with Gasteiger partial charge in [0, 0.05) is 21.5 Å². The van der Waals surface area contributed by atoms with Crippen molar-refractivity contribution in [1.29, 1.82) is 10.5 Å². The maximum atomic E-state index is 14.0. The lowest BCUT2D eigenvalue weighted by Gasteiger charge is -2.04. The number of nitrogens with zero attached hydrogens (tertiary/aromatic N) is 4. The molecule has 0 bridgehead atoms. The first-order chi connectivity index (χ1) is 21.2. The standard InChI is InChI=1S/C34H12F6N4/c35-27-7-17(8-28(36)31(27)39)15-1-3-19-21-11-26-22(12-25(21)33(43-13-41)23(19)5-15)20-4-2-16(6-24(20)34(26)44-14-42)18-9-29(37)32(40)30(38)10-18/h1-12H/b43-33+,44-34+. The zero-order valence-corrected chi connectivity index (χ0v) is 22.0. The molecular formula is C34H12F6N4. The molecule has 210 valence electrons. The topological polar surface area (TPSA) is 72.3 Å². The summed E-state index contributed by atoms with van der Waals surface area (Å²) >= 11 is 0. The van der Waals surface area contributed by atoms with Gasteiger partial charge in [0.2, 0.25) is 12.4 Å². The van der Waals surface area contributed by atoms with Crippen molar-refractivity contribution in [2.45, 2.75) is 0 Å².